The lowest BCUT2D eigenvalue weighted by Gasteiger charge is -2.26. The molecule has 1 amide bonds. The molecule has 0 aliphatic rings. The Morgan fingerprint density at radius 1 is 0.614 bits per heavy atom. The van der Waals surface area contributed by atoms with Gasteiger partial charge in [-0.25, -0.2) is 4.57 Å². The summed E-state index contributed by atoms with van der Waals surface area (Å²) in [7, 11) is 1.62. The first-order chi connectivity index (χ1) is 27.5. The Morgan fingerprint density at radius 3 is 1.53 bits per heavy atom. The molecule has 0 fully saturated rings. The molecule has 0 aliphatic heterocycles. The van der Waals surface area contributed by atoms with E-state index in [2.05, 4.69) is 43.5 Å². The lowest BCUT2D eigenvalue weighted by molar-refractivity contribution is -0.870. The number of hydrogen-bond acceptors (Lipinski definition) is 5. The van der Waals surface area contributed by atoms with Crippen LogP contribution >= 0.6 is 7.82 Å². The number of amides is 1. The second-order valence-electron chi connectivity index (χ2n) is 17.8. The van der Waals surface area contributed by atoms with Gasteiger partial charge in [0.2, 0.25) is 5.91 Å². The van der Waals surface area contributed by atoms with Crippen LogP contribution in [0.15, 0.2) is 24.3 Å². The molecular formula is C48H96N2O6P+. The van der Waals surface area contributed by atoms with Crippen LogP contribution < -0.4 is 5.32 Å². The molecule has 3 unspecified atom stereocenters. The number of aliphatic hydroxyl groups excluding tert-OH is 1. The molecule has 0 spiro atoms. The Kier molecular flexibility index (Phi) is 39.7. The molecule has 57 heavy (non-hydrogen) atoms. The minimum Gasteiger partial charge on any atom is -0.391 e. The van der Waals surface area contributed by atoms with Crippen molar-refractivity contribution >= 4 is 13.7 Å². The summed E-state index contributed by atoms with van der Waals surface area (Å²) in [5, 5.41) is 14.0. The Labute approximate surface area is 354 Å². The number of likely N-dealkylation sites (N-methyl/N-ethyl adjacent to an activating group) is 1. The molecule has 0 aromatic rings. The van der Waals surface area contributed by atoms with Crippen LogP contribution in [0.2, 0.25) is 0 Å². The third kappa shape index (κ3) is 42.9. The van der Waals surface area contributed by atoms with Gasteiger partial charge in [-0.05, 0) is 38.5 Å². The Balaban J connectivity index is 4.24. The molecule has 0 aromatic carbocycles. The lowest BCUT2D eigenvalue weighted by Crippen LogP contribution is -2.46. The van der Waals surface area contributed by atoms with Gasteiger partial charge in [0.15, 0.2) is 0 Å². The fourth-order valence-corrected chi connectivity index (χ4v) is 7.88. The lowest BCUT2D eigenvalue weighted by atomic mass is 10.0. The number of rotatable bonds is 44. The van der Waals surface area contributed by atoms with Crippen LogP contribution in [-0.2, 0) is 18.4 Å². The van der Waals surface area contributed by atoms with Crippen LogP contribution in [0.1, 0.15) is 226 Å². The van der Waals surface area contributed by atoms with Crippen molar-refractivity contribution in [3.05, 3.63) is 24.3 Å². The van der Waals surface area contributed by atoms with Gasteiger partial charge >= 0.3 is 7.82 Å². The zero-order valence-electron chi connectivity index (χ0n) is 38.3. The number of carbonyl (C=O) groups is 1. The number of carbonyl (C=O) groups excluding carboxylic acids is 1. The third-order valence-corrected chi connectivity index (χ3v) is 11.9. The Morgan fingerprint density at radius 2 is 1.05 bits per heavy atom. The van der Waals surface area contributed by atoms with Crippen molar-refractivity contribution in [2.45, 2.75) is 238 Å². The predicted molar refractivity (Wildman–Crippen MR) is 245 cm³/mol. The second kappa shape index (κ2) is 40.4. The van der Waals surface area contributed by atoms with Gasteiger partial charge in [-0.2, -0.15) is 0 Å². The maximum atomic E-state index is 12.9. The van der Waals surface area contributed by atoms with Gasteiger partial charge in [-0.15, -0.1) is 0 Å². The SMILES string of the molecule is CC/C=C\C/C=C\CCCCCCCCCCCCCCCCC(=O)NC(COP(=O)(O)OCC[N+](C)(C)C)C(O)CCCCCCCCCCCCCCCC. The van der Waals surface area contributed by atoms with Crippen molar-refractivity contribution < 1.29 is 32.9 Å². The summed E-state index contributed by atoms with van der Waals surface area (Å²) in [6, 6.07) is -0.757. The summed E-state index contributed by atoms with van der Waals surface area (Å²) in [5.74, 6) is -0.144. The number of nitrogens with zero attached hydrogens (tertiary/aromatic N) is 1. The molecule has 9 heteroatoms. The van der Waals surface area contributed by atoms with Crippen molar-refractivity contribution in [3.8, 4) is 0 Å². The normalized spacial score (nSPS) is 14.4. The van der Waals surface area contributed by atoms with Gasteiger partial charge in [0, 0.05) is 6.42 Å². The predicted octanol–water partition coefficient (Wildman–Crippen LogP) is 13.7. The molecule has 3 N–H and O–H groups in total. The van der Waals surface area contributed by atoms with Gasteiger partial charge in [-0.3, -0.25) is 13.8 Å². The summed E-state index contributed by atoms with van der Waals surface area (Å²) in [6.45, 7) is 4.80. The van der Waals surface area contributed by atoms with E-state index in [0.717, 1.165) is 51.4 Å². The summed E-state index contributed by atoms with van der Waals surface area (Å²) in [6.07, 6.45) is 47.8. The molecular weight excluding hydrogens is 732 g/mol. The largest absolute Gasteiger partial charge is 0.472 e. The van der Waals surface area contributed by atoms with Gasteiger partial charge in [0.1, 0.15) is 13.2 Å². The van der Waals surface area contributed by atoms with E-state index in [0.29, 0.717) is 23.9 Å². The van der Waals surface area contributed by atoms with Gasteiger partial charge in [0.25, 0.3) is 0 Å². The van der Waals surface area contributed by atoms with E-state index in [1.54, 1.807) is 0 Å². The zero-order valence-corrected chi connectivity index (χ0v) is 39.2. The smallest absolute Gasteiger partial charge is 0.391 e. The fourth-order valence-electron chi connectivity index (χ4n) is 7.14. The summed E-state index contributed by atoms with van der Waals surface area (Å²) in [5.41, 5.74) is 0. The number of quaternary nitrogens is 1. The van der Waals surface area contributed by atoms with Crippen molar-refractivity contribution in [1.29, 1.82) is 0 Å². The summed E-state index contributed by atoms with van der Waals surface area (Å²) in [4.78, 5) is 23.2. The van der Waals surface area contributed by atoms with E-state index < -0.39 is 20.0 Å². The number of aliphatic hydroxyl groups is 1. The highest BCUT2D eigenvalue weighted by molar-refractivity contribution is 7.47. The van der Waals surface area contributed by atoms with Crippen molar-refractivity contribution in [2.75, 3.05) is 40.9 Å². The standard InChI is InChI=1S/C48H95N2O6P/c1-6-8-10-12-14-16-18-20-22-23-24-25-26-27-28-30-32-34-36-38-40-42-48(52)49-46(45-56-57(53,54)55-44-43-50(3,4)5)47(51)41-39-37-35-33-31-29-21-19-17-15-13-11-9-7-2/h8,10,14,16,46-47,51H,6-7,9,11-13,15,17-45H2,1-5H3,(H-,49,52,53,54)/p+1/b10-8-,16-14-. The molecule has 0 aromatic heterocycles. The molecule has 8 nitrogen and oxygen atoms in total. The van der Waals surface area contributed by atoms with E-state index in [9.17, 15) is 19.4 Å². The topological polar surface area (TPSA) is 105 Å². The third-order valence-electron chi connectivity index (χ3n) is 11.0. The number of nitrogens with one attached hydrogen (secondary N) is 1. The first kappa shape index (κ1) is 56.0. The van der Waals surface area contributed by atoms with Gasteiger partial charge < -0.3 is 19.8 Å². The number of phosphoric acid groups is 1. The molecule has 0 rings (SSSR count). The van der Waals surface area contributed by atoms with Gasteiger partial charge in [-0.1, -0.05) is 205 Å². The number of hydrogen-bond donors (Lipinski definition) is 3. The monoisotopic (exact) mass is 828 g/mol. The van der Waals surface area contributed by atoms with E-state index >= 15 is 0 Å². The van der Waals surface area contributed by atoms with E-state index in [-0.39, 0.29) is 19.1 Å². The molecule has 0 bridgehead atoms. The van der Waals surface area contributed by atoms with E-state index in [1.165, 1.54) is 148 Å². The van der Waals surface area contributed by atoms with Crippen LogP contribution in [0.5, 0.6) is 0 Å². The van der Waals surface area contributed by atoms with Crippen LogP contribution in [0.3, 0.4) is 0 Å². The van der Waals surface area contributed by atoms with Gasteiger partial charge in [0.05, 0.1) is 39.9 Å². The molecule has 0 heterocycles. The molecule has 3 atom stereocenters. The zero-order chi connectivity index (χ0) is 42.1. The Bertz CT molecular complexity index is 984. The fraction of sp³-hybridized carbons (Fsp3) is 0.896. The number of allylic oxidation sites excluding steroid dienone is 4. The van der Waals surface area contributed by atoms with E-state index in [4.69, 9.17) is 9.05 Å². The number of phosphoric ester groups is 1. The highest BCUT2D eigenvalue weighted by Gasteiger charge is 2.28. The minimum absolute atomic E-state index is 0.0760. The molecule has 0 saturated carbocycles. The number of unbranched alkanes of at least 4 members (excludes halogenated alkanes) is 27. The summed E-state index contributed by atoms with van der Waals surface area (Å²) < 4.78 is 23.7. The maximum absolute atomic E-state index is 12.9. The average molecular weight is 828 g/mol. The highest BCUT2D eigenvalue weighted by Crippen LogP contribution is 2.43. The van der Waals surface area contributed by atoms with Crippen molar-refractivity contribution in [2.24, 2.45) is 0 Å². The molecule has 0 aliphatic carbocycles. The van der Waals surface area contributed by atoms with E-state index in [1.807, 2.05) is 21.1 Å². The van der Waals surface area contributed by atoms with Crippen LogP contribution in [0.4, 0.5) is 0 Å². The Hall–Kier alpha value is -1.02. The molecule has 338 valence electrons. The average Bonchev–Trinajstić information content (AvgIpc) is 3.16. The minimum atomic E-state index is -4.31. The first-order valence-electron chi connectivity index (χ1n) is 24.2. The van der Waals surface area contributed by atoms with Crippen molar-refractivity contribution in [1.82, 2.24) is 5.32 Å². The maximum Gasteiger partial charge on any atom is 0.472 e. The van der Waals surface area contributed by atoms with Crippen LogP contribution in [0, 0.1) is 0 Å². The second-order valence-corrected chi connectivity index (χ2v) is 19.3. The van der Waals surface area contributed by atoms with Crippen molar-refractivity contribution in [3.63, 3.8) is 0 Å². The quantitative estimate of drug-likeness (QED) is 0.0244. The molecule has 0 radical (unpaired) electrons. The first-order valence-corrected chi connectivity index (χ1v) is 25.7. The molecule has 0 saturated heterocycles. The van der Waals surface area contributed by atoms with Crippen LogP contribution in [0.25, 0.3) is 0 Å². The highest BCUT2D eigenvalue weighted by atomic mass is 31.2. The summed E-state index contributed by atoms with van der Waals surface area (Å²) >= 11 is 0. The van der Waals surface area contributed by atoms with Crippen LogP contribution in [-0.4, -0.2) is 73.4 Å².